The Morgan fingerprint density at radius 1 is 0.879 bits per heavy atom. The molecule has 1 amide bonds. The first-order chi connectivity index (χ1) is 15.9. The lowest BCUT2D eigenvalue weighted by Gasteiger charge is -2.39. The maximum atomic E-state index is 14.3. The van der Waals surface area contributed by atoms with E-state index in [1.165, 1.54) is 6.07 Å². The molecule has 7 nitrogen and oxygen atoms in total. The summed E-state index contributed by atoms with van der Waals surface area (Å²) in [6, 6.07) is 20.1. The first-order valence-corrected chi connectivity index (χ1v) is 11.0. The maximum absolute atomic E-state index is 14.3. The van der Waals surface area contributed by atoms with Crippen LogP contribution in [-0.2, 0) is 10.2 Å². The van der Waals surface area contributed by atoms with E-state index in [-0.39, 0.29) is 11.7 Å². The van der Waals surface area contributed by atoms with Crippen molar-refractivity contribution >= 4 is 17.4 Å². The van der Waals surface area contributed by atoms with E-state index in [4.69, 9.17) is 5.10 Å². The summed E-state index contributed by atoms with van der Waals surface area (Å²) in [6.45, 7) is 6.48. The smallest absolute Gasteiger partial charge is 0.232 e. The lowest BCUT2D eigenvalue weighted by Crippen LogP contribution is -2.53. The van der Waals surface area contributed by atoms with Gasteiger partial charge in [0.2, 0.25) is 5.91 Å². The topological polar surface area (TPSA) is 66.6 Å². The Balaban J connectivity index is 1.34. The zero-order valence-corrected chi connectivity index (χ0v) is 18.6. The van der Waals surface area contributed by atoms with Crippen molar-refractivity contribution < 1.29 is 9.18 Å². The van der Waals surface area contributed by atoms with Crippen LogP contribution in [0, 0.1) is 5.82 Å². The molecule has 0 unspecified atom stereocenters. The number of carbonyl (C=O) groups is 1. The highest BCUT2D eigenvalue weighted by Gasteiger charge is 2.35. The summed E-state index contributed by atoms with van der Waals surface area (Å²) in [5, 5.41) is 13.0. The van der Waals surface area contributed by atoms with E-state index in [9.17, 15) is 9.18 Å². The highest BCUT2D eigenvalue weighted by Crippen LogP contribution is 2.27. The fourth-order valence-corrected chi connectivity index (χ4v) is 4.27. The lowest BCUT2D eigenvalue weighted by molar-refractivity contribution is -0.136. The molecule has 33 heavy (non-hydrogen) atoms. The van der Waals surface area contributed by atoms with Gasteiger partial charge in [0.05, 0.1) is 11.0 Å². The minimum atomic E-state index is -0.586. The number of fused-ring (bicyclic) bond motifs is 1. The summed E-state index contributed by atoms with van der Waals surface area (Å²) >= 11 is 0. The number of anilines is 1. The Morgan fingerprint density at radius 2 is 1.58 bits per heavy atom. The van der Waals surface area contributed by atoms with Crippen LogP contribution in [0.5, 0.6) is 0 Å². The summed E-state index contributed by atoms with van der Waals surface area (Å²) in [4.78, 5) is 17.3. The molecule has 8 heteroatoms. The van der Waals surface area contributed by atoms with Crippen LogP contribution < -0.4 is 4.90 Å². The summed E-state index contributed by atoms with van der Waals surface area (Å²) in [6.07, 6.45) is 0. The molecule has 3 heterocycles. The molecule has 1 aliphatic rings. The van der Waals surface area contributed by atoms with Crippen LogP contribution in [0.1, 0.15) is 19.4 Å². The van der Waals surface area contributed by atoms with Gasteiger partial charge in [-0.25, -0.2) is 4.39 Å². The largest absolute Gasteiger partial charge is 0.352 e. The van der Waals surface area contributed by atoms with E-state index < -0.39 is 5.41 Å². The van der Waals surface area contributed by atoms with E-state index in [0.29, 0.717) is 43.2 Å². The Kier molecular flexibility index (Phi) is 5.28. The van der Waals surface area contributed by atoms with Crippen molar-refractivity contribution in [2.75, 3.05) is 31.1 Å². The standard InChI is InChI=1S/C25H25FN6O/c1-25(2,18-8-4-3-5-9-18)24(33)31-16-14-30(15-17-31)22-13-12-21-27-28-23(32(21)29-22)19-10-6-7-11-20(19)26/h3-13H,14-17H2,1-2H3. The number of piperazine rings is 1. The Hall–Kier alpha value is -3.81. The van der Waals surface area contributed by atoms with Gasteiger partial charge in [-0.1, -0.05) is 42.5 Å². The third kappa shape index (κ3) is 3.82. The molecule has 2 aromatic carbocycles. The SMILES string of the molecule is CC(C)(C(=O)N1CCN(c2ccc3nnc(-c4ccccc4F)n3n2)CC1)c1ccccc1. The third-order valence-electron chi connectivity index (χ3n) is 6.28. The number of halogens is 1. The second kappa shape index (κ2) is 8.27. The summed E-state index contributed by atoms with van der Waals surface area (Å²) < 4.78 is 15.9. The number of hydrogen-bond donors (Lipinski definition) is 0. The van der Waals surface area contributed by atoms with Crippen LogP contribution in [0.25, 0.3) is 17.0 Å². The molecule has 2 aromatic heterocycles. The minimum Gasteiger partial charge on any atom is -0.352 e. The van der Waals surface area contributed by atoms with E-state index in [0.717, 1.165) is 11.4 Å². The Labute approximate surface area is 191 Å². The molecule has 1 fully saturated rings. The molecule has 0 aliphatic carbocycles. The molecule has 168 valence electrons. The van der Waals surface area contributed by atoms with Gasteiger partial charge < -0.3 is 9.80 Å². The molecule has 0 bridgehead atoms. The number of nitrogens with zero attached hydrogens (tertiary/aromatic N) is 6. The fourth-order valence-electron chi connectivity index (χ4n) is 4.27. The molecule has 1 saturated heterocycles. The molecular formula is C25H25FN6O. The van der Waals surface area contributed by atoms with Gasteiger partial charge in [-0.3, -0.25) is 4.79 Å². The summed E-state index contributed by atoms with van der Waals surface area (Å²) in [7, 11) is 0. The molecule has 1 aliphatic heterocycles. The molecule has 0 N–H and O–H groups in total. The number of hydrogen-bond acceptors (Lipinski definition) is 5. The fraction of sp³-hybridized carbons (Fsp3) is 0.280. The molecule has 0 atom stereocenters. The van der Waals surface area contributed by atoms with Gasteiger partial charge in [-0.2, -0.15) is 4.52 Å². The van der Waals surface area contributed by atoms with Crippen LogP contribution in [0.2, 0.25) is 0 Å². The van der Waals surface area contributed by atoms with Crippen molar-refractivity contribution in [3.05, 3.63) is 78.1 Å². The van der Waals surface area contributed by atoms with Crippen LogP contribution in [0.15, 0.2) is 66.7 Å². The minimum absolute atomic E-state index is 0.123. The quantitative estimate of drug-likeness (QED) is 0.482. The van der Waals surface area contributed by atoms with Crippen molar-refractivity contribution in [1.82, 2.24) is 24.7 Å². The van der Waals surface area contributed by atoms with E-state index >= 15 is 0 Å². The van der Waals surface area contributed by atoms with Gasteiger partial charge in [0.15, 0.2) is 11.5 Å². The molecule has 5 rings (SSSR count). The van der Waals surface area contributed by atoms with Crippen LogP contribution in [0.4, 0.5) is 10.2 Å². The number of rotatable bonds is 4. The molecular weight excluding hydrogens is 419 g/mol. The molecule has 0 radical (unpaired) electrons. The van der Waals surface area contributed by atoms with Crippen LogP contribution in [0.3, 0.4) is 0 Å². The second-order valence-electron chi connectivity index (χ2n) is 8.74. The van der Waals surface area contributed by atoms with Crippen molar-refractivity contribution in [2.45, 2.75) is 19.3 Å². The normalized spacial score (nSPS) is 14.6. The Morgan fingerprint density at radius 3 is 2.30 bits per heavy atom. The highest BCUT2D eigenvalue weighted by atomic mass is 19.1. The second-order valence-corrected chi connectivity index (χ2v) is 8.74. The number of amides is 1. The predicted molar refractivity (Wildman–Crippen MR) is 124 cm³/mol. The van der Waals surface area contributed by atoms with Gasteiger partial charge in [0.25, 0.3) is 0 Å². The highest BCUT2D eigenvalue weighted by molar-refractivity contribution is 5.87. The van der Waals surface area contributed by atoms with Crippen molar-refractivity contribution in [3.8, 4) is 11.4 Å². The average molecular weight is 445 g/mol. The maximum Gasteiger partial charge on any atom is 0.232 e. The zero-order chi connectivity index (χ0) is 23.0. The van der Waals surface area contributed by atoms with Crippen LogP contribution >= 0.6 is 0 Å². The van der Waals surface area contributed by atoms with Gasteiger partial charge in [0, 0.05) is 26.2 Å². The van der Waals surface area contributed by atoms with Gasteiger partial charge in [0.1, 0.15) is 11.6 Å². The predicted octanol–water partition coefficient (Wildman–Crippen LogP) is 3.56. The Bertz CT molecular complexity index is 1290. The van der Waals surface area contributed by atoms with Crippen LogP contribution in [-0.4, -0.2) is 56.8 Å². The number of benzene rings is 2. The lowest BCUT2D eigenvalue weighted by atomic mass is 9.83. The van der Waals surface area contributed by atoms with Gasteiger partial charge in [-0.15, -0.1) is 15.3 Å². The van der Waals surface area contributed by atoms with E-state index in [2.05, 4.69) is 15.1 Å². The molecule has 4 aromatic rings. The van der Waals surface area contributed by atoms with Crippen molar-refractivity contribution in [3.63, 3.8) is 0 Å². The number of carbonyl (C=O) groups excluding carboxylic acids is 1. The van der Waals surface area contributed by atoms with Crippen molar-refractivity contribution in [2.24, 2.45) is 0 Å². The van der Waals surface area contributed by atoms with Gasteiger partial charge in [-0.05, 0) is 43.7 Å². The zero-order valence-electron chi connectivity index (χ0n) is 18.6. The van der Waals surface area contributed by atoms with Crippen molar-refractivity contribution in [1.29, 1.82) is 0 Å². The van der Waals surface area contributed by atoms with E-state index in [1.807, 2.05) is 61.2 Å². The summed E-state index contributed by atoms with van der Waals surface area (Å²) in [5.41, 5.74) is 1.33. The monoisotopic (exact) mass is 444 g/mol. The first-order valence-electron chi connectivity index (χ1n) is 11.0. The first kappa shape index (κ1) is 21.1. The number of aromatic nitrogens is 4. The molecule has 0 saturated carbocycles. The van der Waals surface area contributed by atoms with Gasteiger partial charge >= 0.3 is 0 Å². The summed E-state index contributed by atoms with van der Waals surface area (Å²) in [5.74, 6) is 0.863. The average Bonchev–Trinajstić information content (AvgIpc) is 3.27. The molecule has 0 spiro atoms. The third-order valence-corrected chi connectivity index (χ3v) is 6.28. The van der Waals surface area contributed by atoms with E-state index in [1.54, 1.807) is 22.7 Å².